The molecule has 1 saturated heterocycles. The molecule has 0 radical (unpaired) electrons. The first-order valence-electron chi connectivity index (χ1n) is 8.59. The van der Waals surface area contributed by atoms with E-state index >= 15 is 0 Å². The van der Waals surface area contributed by atoms with E-state index in [1.54, 1.807) is 16.7 Å². The molecule has 1 aliphatic carbocycles. The zero-order valence-corrected chi connectivity index (χ0v) is 14.6. The Hall–Kier alpha value is -1.69. The van der Waals surface area contributed by atoms with Crippen molar-refractivity contribution in [1.82, 2.24) is 10.2 Å². The summed E-state index contributed by atoms with van der Waals surface area (Å²) in [6.45, 7) is 0.249. The van der Waals surface area contributed by atoms with Crippen LogP contribution in [-0.2, 0) is 16.1 Å². The van der Waals surface area contributed by atoms with E-state index in [0.29, 0.717) is 11.6 Å². The van der Waals surface area contributed by atoms with Gasteiger partial charge in [0.15, 0.2) is 0 Å². The van der Waals surface area contributed by atoms with Crippen molar-refractivity contribution in [2.24, 2.45) is 0 Å². The van der Waals surface area contributed by atoms with Crippen molar-refractivity contribution in [2.75, 3.05) is 11.6 Å². The Kier molecular flexibility index (Phi) is 6.01. The minimum atomic E-state index is -0.484. The highest BCUT2D eigenvalue weighted by Crippen LogP contribution is 2.24. The molecule has 0 bridgehead atoms. The highest BCUT2D eigenvalue weighted by molar-refractivity contribution is 7.99. The first-order valence-corrected chi connectivity index (χ1v) is 9.75. The lowest BCUT2D eigenvalue weighted by atomic mass is 9.96. The third kappa shape index (κ3) is 4.44. The molecule has 1 heterocycles. The Morgan fingerprint density at radius 1 is 1.17 bits per heavy atom. The third-order valence-corrected chi connectivity index (χ3v) is 5.58. The van der Waals surface area contributed by atoms with E-state index < -0.39 is 6.04 Å². The van der Waals surface area contributed by atoms with Crippen LogP contribution in [0, 0.1) is 0 Å². The minimum Gasteiger partial charge on any atom is -0.459 e. The zero-order chi connectivity index (χ0) is 16.8. The van der Waals surface area contributed by atoms with Gasteiger partial charge in [0.1, 0.15) is 12.6 Å². The molecule has 2 fully saturated rings. The van der Waals surface area contributed by atoms with Gasteiger partial charge in [0.05, 0.1) is 5.88 Å². The van der Waals surface area contributed by atoms with Crippen LogP contribution in [0.3, 0.4) is 0 Å². The lowest BCUT2D eigenvalue weighted by Gasteiger charge is -2.28. The molecule has 1 atom stereocenters. The zero-order valence-electron chi connectivity index (χ0n) is 13.8. The van der Waals surface area contributed by atoms with E-state index in [0.717, 1.165) is 18.4 Å². The van der Waals surface area contributed by atoms with Crippen LogP contribution in [0.4, 0.5) is 4.79 Å². The van der Waals surface area contributed by atoms with Crippen molar-refractivity contribution >= 4 is 23.8 Å². The fourth-order valence-corrected chi connectivity index (χ4v) is 4.31. The Morgan fingerprint density at radius 2 is 1.92 bits per heavy atom. The number of ether oxygens (including phenoxy) is 1. The average molecular weight is 348 g/mol. The highest BCUT2D eigenvalue weighted by Gasteiger charge is 2.36. The monoisotopic (exact) mass is 348 g/mol. The number of carbonyl (C=O) groups is 2. The number of esters is 1. The fraction of sp³-hybridized carbons (Fsp3) is 0.556. The number of hydrogen-bond acceptors (Lipinski definition) is 4. The van der Waals surface area contributed by atoms with E-state index in [4.69, 9.17) is 4.74 Å². The Labute approximate surface area is 147 Å². The smallest absolute Gasteiger partial charge is 0.330 e. The van der Waals surface area contributed by atoms with Crippen molar-refractivity contribution in [1.29, 1.82) is 0 Å². The quantitative estimate of drug-likeness (QED) is 0.849. The van der Waals surface area contributed by atoms with Crippen molar-refractivity contribution in [3.8, 4) is 0 Å². The Balaban J connectivity index is 1.52. The fourth-order valence-electron chi connectivity index (χ4n) is 3.17. The van der Waals surface area contributed by atoms with Gasteiger partial charge in [-0.1, -0.05) is 49.6 Å². The second-order valence-electron chi connectivity index (χ2n) is 6.36. The minimum absolute atomic E-state index is 0.131. The van der Waals surface area contributed by atoms with Gasteiger partial charge < -0.3 is 15.0 Å². The largest absolute Gasteiger partial charge is 0.459 e. The summed E-state index contributed by atoms with van der Waals surface area (Å²) in [6.07, 6.45) is 5.66. The predicted molar refractivity (Wildman–Crippen MR) is 94.6 cm³/mol. The number of nitrogens with one attached hydrogen (secondary N) is 1. The molecule has 1 N–H and O–H groups in total. The Morgan fingerprint density at radius 3 is 2.67 bits per heavy atom. The number of nitrogens with zero attached hydrogens (tertiary/aromatic N) is 1. The number of thioether (sulfide) groups is 1. The van der Waals surface area contributed by atoms with Gasteiger partial charge in [-0.05, 0) is 18.4 Å². The van der Waals surface area contributed by atoms with Crippen LogP contribution in [0.25, 0.3) is 0 Å². The molecule has 0 spiro atoms. The van der Waals surface area contributed by atoms with Crippen LogP contribution in [0.5, 0.6) is 0 Å². The number of rotatable bonds is 4. The summed E-state index contributed by atoms with van der Waals surface area (Å²) in [5, 5.41) is 3.09. The summed E-state index contributed by atoms with van der Waals surface area (Å²) in [4.78, 5) is 26.5. The molecule has 2 amide bonds. The third-order valence-electron chi connectivity index (χ3n) is 4.57. The van der Waals surface area contributed by atoms with Crippen LogP contribution in [0.1, 0.15) is 37.7 Å². The first-order chi connectivity index (χ1) is 11.7. The van der Waals surface area contributed by atoms with Crippen molar-refractivity contribution in [3.63, 3.8) is 0 Å². The van der Waals surface area contributed by atoms with Crippen LogP contribution < -0.4 is 5.32 Å². The van der Waals surface area contributed by atoms with Gasteiger partial charge in [-0.25, -0.2) is 9.59 Å². The maximum Gasteiger partial charge on any atom is 0.330 e. The first kappa shape index (κ1) is 17.1. The van der Waals surface area contributed by atoms with Crippen molar-refractivity contribution in [2.45, 2.75) is 50.8 Å². The Bertz CT molecular complexity index is 561. The summed E-state index contributed by atoms with van der Waals surface area (Å²) in [7, 11) is 0. The molecule has 5 nitrogen and oxygen atoms in total. The molecule has 0 aromatic heterocycles. The molecule has 1 aromatic carbocycles. The van der Waals surface area contributed by atoms with Gasteiger partial charge >= 0.3 is 12.0 Å². The summed E-state index contributed by atoms with van der Waals surface area (Å²) in [6, 6.07) is 9.23. The number of urea groups is 1. The molecule has 0 unspecified atom stereocenters. The summed E-state index contributed by atoms with van der Waals surface area (Å²) < 4.78 is 5.41. The van der Waals surface area contributed by atoms with Crippen molar-refractivity contribution in [3.05, 3.63) is 35.9 Å². The summed E-state index contributed by atoms with van der Waals surface area (Å²) in [5.41, 5.74) is 0.953. The second-order valence-corrected chi connectivity index (χ2v) is 7.36. The molecule has 1 aliphatic heterocycles. The molecule has 24 heavy (non-hydrogen) atoms. The van der Waals surface area contributed by atoms with Gasteiger partial charge in [0.25, 0.3) is 0 Å². The maximum atomic E-state index is 12.5. The van der Waals surface area contributed by atoms with Crippen LogP contribution in [0.2, 0.25) is 0 Å². The standard InChI is InChI=1S/C18H24N2O3S/c21-17(23-11-14-7-3-1-4-8-14)16-12-24-13-20(16)18(22)19-15-9-5-2-6-10-15/h1,3-4,7-8,15-16H,2,5-6,9-13H2,(H,19,22)/t16-/m0/s1. The van der Waals surface area contributed by atoms with Crippen LogP contribution in [0.15, 0.2) is 30.3 Å². The molecular weight excluding hydrogens is 324 g/mol. The number of amides is 2. The summed E-state index contributed by atoms with van der Waals surface area (Å²) in [5.74, 6) is 0.831. The van der Waals surface area contributed by atoms with Crippen molar-refractivity contribution < 1.29 is 14.3 Å². The number of carbonyl (C=O) groups excluding carboxylic acids is 2. The SMILES string of the molecule is O=C(OCc1ccccc1)[C@@H]1CSCN1C(=O)NC1CCCCC1. The molecular formula is C18H24N2O3S. The number of benzene rings is 1. The molecule has 1 aromatic rings. The molecule has 130 valence electrons. The lowest BCUT2D eigenvalue weighted by Crippen LogP contribution is -2.50. The molecule has 3 rings (SSSR count). The molecule has 1 saturated carbocycles. The van der Waals surface area contributed by atoms with E-state index in [-0.39, 0.29) is 24.6 Å². The van der Waals surface area contributed by atoms with E-state index in [1.807, 2.05) is 30.3 Å². The number of hydrogen-bond donors (Lipinski definition) is 1. The maximum absolute atomic E-state index is 12.5. The average Bonchev–Trinajstić information content (AvgIpc) is 3.11. The topological polar surface area (TPSA) is 58.6 Å². The highest BCUT2D eigenvalue weighted by atomic mass is 32.2. The molecule has 6 heteroatoms. The molecule has 2 aliphatic rings. The van der Waals surface area contributed by atoms with E-state index in [9.17, 15) is 9.59 Å². The van der Waals surface area contributed by atoms with Gasteiger partial charge in [0, 0.05) is 11.8 Å². The summed E-state index contributed by atoms with van der Waals surface area (Å²) >= 11 is 1.59. The second kappa shape index (κ2) is 8.42. The normalized spacial score (nSPS) is 21.5. The lowest BCUT2D eigenvalue weighted by molar-refractivity contribution is -0.148. The van der Waals surface area contributed by atoms with E-state index in [2.05, 4.69) is 5.32 Å². The van der Waals surface area contributed by atoms with Crippen LogP contribution in [-0.4, -0.2) is 40.6 Å². The van der Waals surface area contributed by atoms with E-state index in [1.165, 1.54) is 19.3 Å². The van der Waals surface area contributed by atoms with Gasteiger partial charge in [0.2, 0.25) is 0 Å². The van der Waals surface area contributed by atoms with Gasteiger partial charge in [-0.15, -0.1) is 11.8 Å². The van der Waals surface area contributed by atoms with Gasteiger partial charge in [-0.2, -0.15) is 0 Å². The van der Waals surface area contributed by atoms with Gasteiger partial charge in [-0.3, -0.25) is 0 Å². The predicted octanol–water partition coefficient (Wildman–Crippen LogP) is 3.15. The van der Waals surface area contributed by atoms with Crippen LogP contribution >= 0.6 is 11.8 Å².